The van der Waals surface area contributed by atoms with E-state index in [2.05, 4.69) is 15.5 Å². The first-order chi connectivity index (χ1) is 9.16. The van der Waals surface area contributed by atoms with Crippen molar-refractivity contribution in [1.82, 2.24) is 20.4 Å². The van der Waals surface area contributed by atoms with Crippen molar-refractivity contribution in [2.75, 3.05) is 19.6 Å². The van der Waals surface area contributed by atoms with Crippen LogP contribution in [0.3, 0.4) is 0 Å². The number of aromatic nitrogens is 2. The number of hydrogen-bond donors (Lipinski definition) is 1. The van der Waals surface area contributed by atoms with Crippen LogP contribution in [0.5, 0.6) is 0 Å². The normalized spacial score (nSPS) is 26.3. The first kappa shape index (κ1) is 12.5. The Bertz CT molecular complexity index is 502. The second kappa shape index (κ2) is 4.89. The van der Waals surface area contributed by atoms with Crippen molar-refractivity contribution in [3.63, 3.8) is 0 Å². The van der Waals surface area contributed by atoms with Crippen LogP contribution in [0, 0.1) is 19.8 Å². The third kappa shape index (κ3) is 2.23. The molecule has 0 aliphatic carbocycles. The standard InChI is InChI=1S/C14H20N4O/c1-9-6-12(10(2)17-16-9)14(19)18-5-3-4-11-7-15-8-13(11)18/h6,11,13,15H,3-5,7-8H2,1-2H3. The molecule has 2 aliphatic heterocycles. The predicted octanol–water partition coefficient (Wildman–Crippen LogP) is 0.917. The average Bonchev–Trinajstić information content (AvgIpc) is 2.89. The molecule has 2 fully saturated rings. The molecule has 102 valence electrons. The van der Waals surface area contributed by atoms with E-state index in [1.54, 1.807) is 0 Å². The van der Waals surface area contributed by atoms with Gasteiger partial charge in [-0.2, -0.15) is 10.2 Å². The molecule has 0 bridgehead atoms. The summed E-state index contributed by atoms with van der Waals surface area (Å²) in [5.74, 6) is 0.739. The van der Waals surface area contributed by atoms with Crippen molar-refractivity contribution in [2.24, 2.45) is 5.92 Å². The molecule has 1 N–H and O–H groups in total. The summed E-state index contributed by atoms with van der Waals surface area (Å²) in [6.07, 6.45) is 2.33. The molecule has 19 heavy (non-hydrogen) atoms. The molecule has 2 saturated heterocycles. The van der Waals surface area contributed by atoms with E-state index in [1.165, 1.54) is 6.42 Å². The highest BCUT2D eigenvalue weighted by Gasteiger charge is 2.38. The van der Waals surface area contributed by atoms with Gasteiger partial charge in [-0.15, -0.1) is 0 Å². The molecule has 5 heteroatoms. The third-order valence-electron chi connectivity index (χ3n) is 4.27. The third-order valence-corrected chi connectivity index (χ3v) is 4.27. The maximum atomic E-state index is 12.7. The molecule has 3 heterocycles. The zero-order chi connectivity index (χ0) is 13.4. The van der Waals surface area contributed by atoms with Gasteiger partial charge in [-0.3, -0.25) is 4.79 Å². The van der Waals surface area contributed by atoms with Gasteiger partial charge in [0.15, 0.2) is 0 Å². The van der Waals surface area contributed by atoms with Crippen molar-refractivity contribution in [1.29, 1.82) is 0 Å². The molecule has 2 unspecified atom stereocenters. The largest absolute Gasteiger partial charge is 0.334 e. The number of aryl methyl sites for hydroxylation is 2. The van der Waals surface area contributed by atoms with Crippen LogP contribution >= 0.6 is 0 Å². The fraction of sp³-hybridized carbons (Fsp3) is 0.643. The number of nitrogens with zero attached hydrogens (tertiary/aromatic N) is 3. The first-order valence-electron chi connectivity index (χ1n) is 6.99. The summed E-state index contributed by atoms with van der Waals surface area (Å²) in [6, 6.07) is 2.21. The van der Waals surface area contributed by atoms with Crippen LogP contribution < -0.4 is 5.32 Å². The van der Waals surface area contributed by atoms with Gasteiger partial charge in [0.1, 0.15) is 0 Å². The van der Waals surface area contributed by atoms with Gasteiger partial charge in [-0.05, 0) is 38.7 Å². The summed E-state index contributed by atoms with van der Waals surface area (Å²) in [5.41, 5.74) is 2.23. The molecular formula is C14H20N4O. The Morgan fingerprint density at radius 1 is 1.37 bits per heavy atom. The Morgan fingerprint density at radius 2 is 2.21 bits per heavy atom. The molecular weight excluding hydrogens is 240 g/mol. The van der Waals surface area contributed by atoms with E-state index in [0.717, 1.165) is 37.4 Å². The molecule has 0 radical (unpaired) electrons. The Labute approximate surface area is 113 Å². The smallest absolute Gasteiger partial charge is 0.256 e. The molecule has 1 amide bonds. The number of rotatable bonds is 1. The molecule has 2 aliphatic rings. The second-order valence-electron chi connectivity index (χ2n) is 5.61. The van der Waals surface area contributed by atoms with E-state index >= 15 is 0 Å². The predicted molar refractivity (Wildman–Crippen MR) is 71.9 cm³/mol. The number of hydrogen-bond acceptors (Lipinski definition) is 4. The van der Waals surface area contributed by atoms with E-state index < -0.39 is 0 Å². The molecule has 3 rings (SSSR count). The van der Waals surface area contributed by atoms with Gasteiger partial charge >= 0.3 is 0 Å². The lowest BCUT2D eigenvalue weighted by Gasteiger charge is -2.37. The summed E-state index contributed by atoms with van der Waals surface area (Å²) in [7, 11) is 0. The molecule has 2 atom stereocenters. The van der Waals surface area contributed by atoms with Crippen molar-refractivity contribution >= 4 is 5.91 Å². The van der Waals surface area contributed by atoms with Crippen LogP contribution in [0.2, 0.25) is 0 Å². The SMILES string of the molecule is Cc1cc(C(=O)N2CCCC3CNCC32)c(C)nn1. The van der Waals surface area contributed by atoms with Crippen LogP contribution in [-0.2, 0) is 0 Å². The molecule has 5 nitrogen and oxygen atoms in total. The monoisotopic (exact) mass is 260 g/mol. The number of carbonyl (C=O) groups excluding carboxylic acids is 1. The van der Waals surface area contributed by atoms with Crippen LogP contribution in [0.1, 0.15) is 34.6 Å². The number of fused-ring (bicyclic) bond motifs is 1. The van der Waals surface area contributed by atoms with Gasteiger partial charge in [-0.25, -0.2) is 0 Å². The number of piperidine rings is 1. The zero-order valence-electron chi connectivity index (χ0n) is 11.5. The van der Waals surface area contributed by atoms with Crippen molar-refractivity contribution in [2.45, 2.75) is 32.7 Å². The lowest BCUT2D eigenvalue weighted by atomic mass is 9.91. The Hall–Kier alpha value is -1.49. The highest BCUT2D eigenvalue weighted by atomic mass is 16.2. The van der Waals surface area contributed by atoms with Crippen molar-refractivity contribution < 1.29 is 4.79 Å². The lowest BCUT2D eigenvalue weighted by Crippen LogP contribution is -2.48. The van der Waals surface area contributed by atoms with Gasteiger partial charge in [-0.1, -0.05) is 0 Å². The van der Waals surface area contributed by atoms with Crippen molar-refractivity contribution in [3.05, 3.63) is 23.0 Å². The van der Waals surface area contributed by atoms with E-state index in [9.17, 15) is 4.79 Å². The molecule has 1 aromatic heterocycles. The van der Waals surface area contributed by atoms with E-state index in [4.69, 9.17) is 0 Å². The minimum absolute atomic E-state index is 0.119. The number of amides is 1. The lowest BCUT2D eigenvalue weighted by molar-refractivity contribution is 0.0573. The summed E-state index contributed by atoms with van der Waals surface area (Å²) in [6.45, 7) is 6.56. The van der Waals surface area contributed by atoms with Gasteiger partial charge in [0.25, 0.3) is 5.91 Å². The van der Waals surface area contributed by atoms with E-state index in [-0.39, 0.29) is 5.91 Å². The Morgan fingerprint density at radius 3 is 3.05 bits per heavy atom. The second-order valence-corrected chi connectivity index (χ2v) is 5.61. The maximum Gasteiger partial charge on any atom is 0.256 e. The summed E-state index contributed by atoms with van der Waals surface area (Å²) in [4.78, 5) is 14.8. The summed E-state index contributed by atoms with van der Waals surface area (Å²) >= 11 is 0. The van der Waals surface area contributed by atoms with Gasteiger partial charge in [0.05, 0.1) is 17.0 Å². The van der Waals surface area contributed by atoms with Gasteiger partial charge in [0, 0.05) is 25.7 Å². The van der Waals surface area contributed by atoms with Crippen LogP contribution in [0.4, 0.5) is 0 Å². The highest BCUT2D eigenvalue weighted by Crippen LogP contribution is 2.28. The summed E-state index contributed by atoms with van der Waals surface area (Å²) < 4.78 is 0. The van der Waals surface area contributed by atoms with Crippen LogP contribution in [0.25, 0.3) is 0 Å². The Kier molecular flexibility index (Phi) is 3.22. The maximum absolute atomic E-state index is 12.7. The number of carbonyl (C=O) groups is 1. The van der Waals surface area contributed by atoms with Gasteiger partial charge in [0.2, 0.25) is 0 Å². The van der Waals surface area contributed by atoms with Gasteiger partial charge < -0.3 is 10.2 Å². The minimum atomic E-state index is 0.119. The molecule has 0 aromatic carbocycles. The molecule has 1 aromatic rings. The fourth-order valence-corrected chi connectivity index (χ4v) is 3.24. The van der Waals surface area contributed by atoms with E-state index in [0.29, 0.717) is 17.5 Å². The fourth-order valence-electron chi connectivity index (χ4n) is 3.24. The Balaban J connectivity index is 1.88. The topological polar surface area (TPSA) is 58.1 Å². The minimum Gasteiger partial charge on any atom is -0.334 e. The van der Waals surface area contributed by atoms with Crippen LogP contribution in [0.15, 0.2) is 6.07 Å². The molecule has 0 spiro atoms. The zero-order valence-corrected chi connectivity index (χ0v) is 11.5. The molecule has 0 saturated carbocycles. The highest BCUT2D eigenvalue weighted by molar-refractivity contribution is 5.95. The van der Waals surface area contributed by atoms with Crippen LogP contribution in [-0.4, -0.2) is 46.7 Å². The van der Waals surface area contributed by atoms with Crippen molar-refractivity contribution in [3.8, 4) is 0 Å². The van der Waals surface area contributed by atoms with E-state index in [1.807, 2.05) is 24.8 Å². The quantitative estimate of drug-likeness (QED) is 0.815. The summed E-state index contributed by atoms with van der Waals surface area (Å²) in [5, 5.41) is 11.5. The number of nitrogens with one attached hydrogen (secondary N) is 1. The average molecular weight is 260 g/mol. The first-order valence-corrected chi connectivity index (χ1v) is 6.99. The number of likely N-dealkylation sites (tertiary alicyclic amines) is 1.